The molecule has 0 radical (unpaired) electrons. The van der Waals surface area contributed by atoms with E-state index in [2.05, 4.69) is 40.7 Å². The van der Waals surface area contributed by atoms with Crippen LogP contribution in [-0.2, 0) is 71.2 Å². The van der Waals surface area contributed by atoms with Gasteiger partial charge >= 0.3 is 17.9 Å². The molecule has 548 valence electrons. The first-order chi connectivity index (χ1) is 44.9. The molecule has 14 rings (SSSR count). The van der Waals surface area contributed by atoms with Gasteiger partial charge in [0.2, 0.25) is 6.29 Å². The second kappa shape index (κ2) is 27.4. The van der Waals surface area contributed by atoms with E-state index < -0.39 is 262 Å². The van der Waals surface area contributed by atoms with Crippen molar-refractivity contribution in [2.45, 2.75) is 291 Å². The van der Waals surface area contributed by atoms with E-state index in [0.717, 1.165) is 12.5 Å². The zero-order chi connectivity index (χ0) is 70.1. The van der Waals surface area contributed by atoms with Crippen molar-refractivity contribution in [2.75, 3.05) is 33.0 Å². The Balaban J connectivity index is 0.959. The van der Waals surface area contributed by atoms with Crippen molar-refractivity contribution in [1.29, 1.82) is 0 Å². The maximum absolute atomic E-state index is 15.7. The number of aliphatic hydroxyl groups excluding tert-OH is 15. The Morgan fingerprint density at radius 2 is 1.18 bits per heavy atom. The van der Waals surface area contributed by atoms with Gasteiger partial charge in [-0.25, -0.2) is 0 Å². The van der Waals surface area contributed by atoms with Crippen LogP contribution in [0.3, 0.4) is 0 Å². The fourth-order valence-electron chi connectivity index (χ4n) is 19.0. The van der Waals surface area contributed by atoms with Gasteiger partial charge in [0.15, 0.2) is 37.4 Å². The van der Waals surface area contributed by atoms with Crippen molar-refractivity contribution in [3.8, 4) is 0 Å². The molecule has 31 heteroatoms. The van der Waals surface area contributed by atoms with Gasteiger partial charge < -0.3 is 139 Å². The summed E-state index contributed by atoms with van der Waals surface area (Å²) in [4.78, 5) is 43.2. The lowest BCUT2D eigenvalue weighted by Gasteiger charge is -2.72. The Labute approximate surface area is 555 Å². The highest BCUT2D eigenvalue weighted by Crippen LogP contribution is 2.76. The van der Waals surface area contributed by atoms with Crippen molar-refractivity contribution in [3.63, 3.8) is 0 Å². The highest BCUT2D eigenvalue weighted by Gasteiger charge is 2.72. The topological polar surface area (TPSA) is 486 Å². The van der Waals surface area contributed by atoms with E-state index in [4.69, 9.17) is 56.8 Å². The van der Waals surface area contributed by atoms with E-state index in [1.165, 1.54) is 6.92 Å². The summed E-state index contributed by atoms with van der Waals surface area (Å²) in [5.41, 5.74) is -5.78. The van der Waals surface area contributed by atoms with Crippen molar-refractivity contribution in [1.82, 2.24) is 0 Å². The Morgan fingerprint density at radius 1 is 0.552 bits per heavy atom. The molecular weight excluding hydrogens is 1280 g/mol. The molecule has 96 heavy (non-hydrogen) atoms. The van der Waals surface area contributed by atoms with Crippen molar-refractivity contribution in [2.24, 2.45) is 50.2 Å². The van der Waals surface area contributed by atoms with Crippen LogP contribution in [0, 0.1) is 50.2 Å². The zero-order valence-electron chi connectivity index (χ0n) is 55.4. The molecule has 0 amide bonds. The molecule has 5 aliphatic carbocycles. The second-order valence-electron chi connectivity index (χ2n) is 31.4. The Morgan fingerprint density at radius 3 is 1.85 bits per heavy atom. The summed E-state index contributed by atoms with van der Waals surface area (Å²) in [6.07, 6.45) is -43.2. The summed E-state index contributed by atoms with van der Waals surface area (Å²) in [5, 5.41) is 181. The molecule has 11 fully saturated rings. The Bertz CT molecular complexity index is 2810. The summed E-state index contributed by atoms with van der Waals surface area (Å²) >= 11 is 0. The van der Waals surface area contributed by atoms with Gasteiger partial charge in [0.25, 0.3) is 0 Å². The van der Waals surface area contributed by atoms with Gasteiger partial charge in [-0.15, -0.1) is 0 Å². The lowest BCUT2D eigenvalue weighted by Crippen LogP contribution is -2.70. The molecule has 0 aromatic heterocycles. The highest BCUT2D eigenvalue weighted by atomic mass is 16.8. The number of rotatable bonds is 5. The van der Waals surface area contributed by atoms with Gasteiger partial charge in [-0.2, -0.15) is 0 Å². The summed E-state index contributed by atoms with van der Waals surface area (Å²) in [6, 6.07) is 0. The normalized spacial score (nSPS) is 54.4. The van der Waals surface area contributed by atoms with Gasteiger partial charge in [-0.1, -0.05) is 53.2 Å². The van der Waals surface area contributed by atoms with E-state index in [0.29, 0.717) is 51.4 Å². The Hall–Kier alpha value is -2.85. The third-order valence-corrected chi connectivity index (χ3v) is 24.7. The van der Waals surface area contributed by atoms with Crippen molar-refractivity contribution in [3.05, 3.63) is 11.6 Å². The fraction of sp³-hybridized carbons (Fsp3) is 0.923. The Kier molecular flexibility index (Phi) is 21.2. The molecule has 12 bridgehead atoms. The minimum atomic E-state index is -2.34. The first-order valence-corrected chi connectivity index (χ1v) is 33.8. The first kappa shape index (κ1) is 74.3. The molecule has 9 heterocycles. The molecule has 1 spiro atoms. The molecule has 0 aromatic rings. The highest BCUT2D eigenvalue weighted by molar-refractivity contribution is 5.79. The number of ether oxygens (including phenoxy) is 12. The van der Waals surface area contributed by atoms with E-state index in [-0.39, 0.29) is 23.7 Å². The third kappa shape index (κ3) is 12.8. The molecule has 4 saturated carbocycles. The predicted molar refractivity (Wildman–Crippen MR) is 318 cm³/mol. The lowest BCUT2D eigenvalue weighted by molar-refractivity contribution is -0.384. The van der Waals surface area contributed by atoms with Crippen LogP contribution in [0.4, 0.5) is 0 Å². The maximum atomic E-state index is 15.7. The van der Waals surface area contributed by atoms with E-state index >= 15 is 4.79 Å². The number of hydrogen-bond acceptors (Lipinski definition) is 31. The van der Waals surface area contributed by atoms with Crippen LogP contribution in [0.5, 0.6) is 0 Å². The molecular formula is C65H102O31. The van der Waals surface area contributed by atoms with Crippen LogP contribution in [0.25, 0.3) is 0 Å². The van der Waals surface area contributed by atoms with Gasteiger partial charge in [0.05, 0.1) is 68.6 Å². The minimum absolute atomic E-state index is 0.130. The SMILES string of the molecule is C[C@@H]1O[C@H]2O[C@H]3[C@@H](OC[C@H](O)[C@@H]3O)OC(=O)[C@]34CCC(C)(C)C[C@@H]3C3=CC[C@@H]5[C@@]6(C)C[C@H](O)[C@H](O[C@@H]7O[C@H](CO)[C@@H](O)[C@H](O)[C@H]7O[C@@H]7O[C@H](COC(=O)C[C@](C)(O)CC(=O)O[C@@H]1[C@@H](O[C@@H]1O[C@H](CO)[C@@H](O)[C@H](O)[C@H]1O)[C@H]2O)[C@H](O)[C@H](O)[C@H]7O)[C@@](C)(CO)[C@@H]6CC[C@@]5(C)[C@]3(C)CC4. The minimum Gasteiger partial charge on any atom is -0.463 e. The van der Waals surface area contributed by atoms with Gasteiger partial charge in [0.1, 0.15) is 104 Å². The maximum Gasteiger partial charge on any atom is 0.315 e. The number of allylic oxidation sites excluding steroid dienone is 2. The van der Waals surface area contributed by atoms with E-state index in [1.807, 2.05) is 0 Å². The number of esters is 3. The van der Waals surface area contributed by atoms with Crippen LogP contribution < -0.4 is 0 Å². The lowest BCUT2D eigenvalue weighted by atomic mass is 9.33. The molecule has 7 saturated heterocycles. The summed E-state index contributed by atoms with van der Waals surface area (Å²) in [7, 11) is 0. The standard InChI is InChI=1S/C65H102O31/c1-26-48-49(92-53-45(80)42(77)39(74)31(21-66)88-53)47(82)55(87-26)93-50-38(73)30(70)23-86-56(50)96-58(83)65-15-13-59(2,3)17-28(65)27-9-10-35-61(5)18-29(69)52(62(6,25-68)34(61)11-12-64(35,8)63(27,7)14-16-65)95-57-51(44(79)40(75)32(22-67)89-57)94-54-46(81)43(78)41(76)33(90-54)24-85-36(71)19-60(4,84)20-37(72)91-48/h9,26,28-35,38-57,66-70,73-82,84H,10-25H2,1-8H3/t26-,28+,29-,30-,31+,32+,33+,34+,35+,38-,39+,40+,41-,42-,43-,44-,45+,46+,47+,48-,49-,50+,51+,52-,53-,54-,55-,56-,57-,60-,61-,62-,63+,64+,65-/m0/s1. The molecule has 31 nitrogen and oxygen atoms in total. The summed E-state index contributed by atoms with van der Waals surface area (Å²) in [5.74, 6) is -4.10. The number of aliphatic hydroxyl groups is 16. The first-order valence-electron chi connectivity index (χ1n) is 33.8. The van der Waals surface area contributed by atoms with Crippen LogP contribution in [-0.4, -0.2) is 298 Å². The van der Waals surface area contributed by atoms with Crippen LogP contribution in [0.1, 0.15) is 126 Å². The molecule has 14 aliphatic rings. The average molecular weight is 1380 g/mol. The molecule has 0 unspecified atom stereocenters. The van der Waals surface area contributed by atoms with E-state index in [9.17, 15) is 91.3 Å². The molecule has 9 aliphatic heterocycles. The van der Waals surface area contributed by atoms with Crippen molar-refractivity contribution >= 4 is 17.9 Å². The largest absolute Gasteiger partial charge is 0.463 e. The third-order valence-electron chi connectivity index (χ3n) is 24.7. The van der Waals surface area contributed by atoms with Crippen molar-refractivity contribution < 1.29 is 153 Å². The average Bonchev–Trinajstić information content (AvgIpc) is 0.673. The monoisotopic (exact) mass is 1380 g/mol. The zero-order valence-corrected chi connectivity index (χ0v) is 55.4. The number of carbonyl (C=O) groups excluding carboxylic acids is 3. The van der Waals surface area contributed by atoms with Crippen LogP contribution >= 0.6 is 0 Å². The molecule has 0 aromatic carbocycles. The van der Waals surface area contributed by atoms with Crippen LogP contribution in [0.2, 0.25) is 0 Å². The number of hydrogen-bond donors (Lipinski definition) is 16. The molecule has 35 atom stereocenters. The number of carbonyl (C=O) groups is 3. The van der Waals surface area contributed by atoms with E-state index in [1.54, 1.807) is 6.92 Å². The fourth-order valence-corrected chi connectivity index (χ4v) is 19.0. The van der Waals surface area contributed by atoms with Gasteiger partial charge in [-0.05, 0) is 111 Å². The quantitative estimate of drug-likeness (QED) is 0.0541. The van der Waals surface area contributed by atoms with Gasteiger partial charge in [-0.3, -0.25) is 14.4 Å². The van der Waals surface area contributed by atoms with Gasteiger partial charge in [0, 0.05) is 5.41 Å². The summed E-state index contributed by atoms with van der Waals surface area (Å²) < 4.78 is 72.5. The van der Waals surface area contributed by atoms with Crippen LogP contribution in [0.15, 0.2) is 11.6 Å². The summed E-state index contributed by atoms with van der Waals surface area (Å²) in [6.45, 7) is 11.3. The second-order valence-corrected chi connectivity index (χ2v) is 31.4. The molecule has 16 N–H and O–H groups in total. The predicted octanol–water partition coefficient (Wildman–Crippen LogP) is -3.95. The smallest absolute Gasteiger partial charge is 0.315 e.